The molecule has 9 heteroatoms. The van der Waals surface area contributed by atoms with Crippen LogP contribution in [0.15, 0.2) is 24.5 Å². The van der Waals surface area contributed by atoms with Gasteiger partial charge in [0.2, 0.25) is 15.9 Å². The molecule has 0 unspecified atom stereocenters. The average Bonchev–Trinajstić information content (AvgIpc) is 3.13. The molecule has 8 nitrogen and oxygen atoms in total. The molecule has 0 atom stereocenters. The maximum Gasteiger partial charge on any atom is 0.223 e. The highest BCUT2D eigenvalue weighted by molar-refractivity contribution is 7.88. The van der Waals surface area contributed by atoms with Crippen LogP contribution in [0.25, 0.3) is 11.3 Å². The molecule has 1 N–H and O–H groups in total. The number of nitrogens with zero attached hydrogens (tertiary/aromatic N) is 4. The van der Waals surface area contributed by atoms with Gasteiger partial charge in [-0.05, 0) is 50.7 Å². The summed E-state index contributed by atoms with van der Waals surface area (Å²) in [5.41, 5.74) is 4.73. The SMILES string of the molecule is CS(=O)(=O)N1CCC(C(=O)NCCn2nc(-c3ccncc3)c3c2CCCC3)CC1. The number of carbonyl (C=O) groups excluding carboxylic acids is 1. The summed E-state index contributed by atoms with van der Waals surface area (Å²) in [6.45, 7) is 1.99. The zero-order valence-electron chi connectivity index (χ0n) is 17.4. The molecule has 1 aliphatic carbocycles. The number of rotatable bonds is 6. The third kappa shape index (κ3) is 4.57. The number of carbonyl (C=O) groups is 1. The third-order valence-electron chi connectivity index (χ3n) is 6.13. The molecule has 2 aromatic heterocycles. The highest BCUT2D eigenvalue weighted by atomic mass is 32.2. The van der Waals surface area contributed by atoms with Gasteiger partial charge in [0.1, 0.15) is 0 Å². The predicted octanol–water partition coefficient (Wildman–Crippen LogP) is 1.61. The van der Waals surface area contributed by atoms with Crippen LogP contribution in [-0.2, 0) is 34.2 Å². The van der Waals surface area contributed by atoms with Crippen molar-refractivity contribution in [2.24, 2.45) is 5.92 Å². The highest BCUT2D eigenvalue weighted by Crippen LogP contribution is 2.30. The van der Waals surface area contributed by atoms with Gasteiger partial charge in [-0.1, -0.05) is 0 Å². The van der Waals surface area contributed by atoms with Crippen LogP contribution in [0.2, 0.25) is 0 Å². The van der Waals surface area contributed by atoms with Crippen molar-refractivity contribution in [2.45, 2.75) is 45.1 Å². The van der Waals surface area contributed by atoms with Gasteiger partial charge in [-0.3, -0.25) is 14.5 Å². The van der Waals surface area contributed by atoms with Crippen molar-refractivity contribution >= 4 is 15.9 Å². The van der Waals surface area contributed by atoms with Crippen molar-refractivity contribution < 1.29 is 13.2 Å². The molecule has 1 aliphatic heterocycles. The van der Waals surface area contributed by atoms with Crippen molar-refractivity contribution in [3.63, 3.8) is 0 Å². The maximum atomic E-state index is 12.5. The third-order valence-corrected chi connectivity index (χ3v) is 7.43. The number of pyridine rings is 1. The molecule has 1 amide bonds. The zero-order chi connectivity index (χ0) is 21.1. The molecule has 0 saturated carbocycles. The lowest BCUT2D eigenvalue weighted by molar-refractivity contribution is -0.126. The summed E-state index contributed by atoms with van der Waals surface area (Å²) in [7, 11) is -3.17. The summed E-state index contributed by atoms with van der Waals surface area (Å²) in [5.74, 6) is -0.111. The first-order valence-electron chi connectivity index (χ1n) is 10.7. The van der Waals surface area contributed by atoms with E-state index in [1.54, 1.807) is 12.4 Å². The van der Waals surface area contributed by atoms with Crippen molar-refractivity contribution in [3.8, 4) is 11.3 Å². The molecule has 4 rings (SSSR count). The Bertz CT molecular complexity index is 995. The van der Waals surface area contributed by atoms with Crippen LogP contribution in [0, 0.1) is 5.92 Å². The van der Waals surface area contributed by atoms with Crippen LogP contribution in [-0.4, -0.2) is 59.3 Å². The lowest BCUT2D eigenvalue weighted by Gasteiger charge is -2.29. The van der Waals surface area contributed by atoms with Crippen molar-refractivity contribution in [2.75, 3.05) is 25.9 Å². The number of aromatic nitrogens is 3. The van der Waals surface area contributed by atoms with Gasteiger partial charge in [-0.25, -0.2) is 12.7 Å². The lowest BCUT2D eigenvalue weighted by atomic mass is 9.94. The summed E-state index contributed by atoms with van der Waals surface area (Å²) >= 11 is 0. The Balaban J connectivity index is 1.37. The topological polar surface area (TPSA) is 97.2 Å². The molecule has 3 heterocycles. The number of hydrogen-bond donors (Lipinski definition) is 1. The monoisotopic (exact) mass is 431 g/mol. The number of hydrogen-bond acceptors (Lipinski definition) is 5. The molecule has 0 aromatic carbocycles. The minimum absolute atomic E-state index is 0.0125. The number of fused-ring (bicyclic) bond motifs is 1. The predicted molar refractivity (Wildman–Crippen MR) is 114 cm³/mol. The normalized spacial score (nSPS) is 18.2. The summed E-state index contributed by atoms with van der Waals surface area (Å²) in [6, 6.07) is 3.98. The molecule has 1 fully saturated rings. The van der Waals surface area contributed by atoms with Crippen LogP contribution in [0.5, 0.6) is 0 Å². The molecule has 2 aliphatic rings. The van der Waals surface area contributed by atoms with Crippen molar-refractivity contribution in [3.05, 3.63) is 35.8 Å². The van der Waals surface area contributed by atoms with Gasteiger partial charge in [0.05, 0.1) is 18.5 Å². The summed E-state index contributed by atoms with van der Waals surface area (Å²) in [5, 5.41) is 7.91. The van der Waals surface area contributed by atoms with Gasteiger partial charge < -0.3 is 5.32 Å². The van der Waals surface area contributed by atoms with Gasteiger partial charge in [0, 0.05) is 54.8 Å². The van der Waals surface area contributed by atoms with E-state index in [1.165, 1.54) is 34.7 Å². The second-order valence-electron chi connectivity index (χ2n) is 8.17. The second-order valence-corrected chi connectivity index (χ2v) is 10.1. The van der Waals surface area contributed by atoms with E-state index in [-0.39, 0.29) is 11.8 Å². The Morgan fingerprint density at radius 1 is 1.17 bits per heavy atom. The van der Waals surface area contributed by atoms with E-state index in [9.17, 15) is 13.2 Å². The molecule has 2 aromatic rings. The first-order valence-corrected chi connectivity index (χ1v) is 12.5. The molecule has 162 valence electrons. The van der Waals surface area contributed by atoms with E-state index < -0.39 is 10.0 Å². The average molecular weight is 432 g/mol. The molecular formula is C21H29N5O3S. The van der Waals surface area contributed by atoms with Crippen LogP contribution in [0.1, 0.15) is 36.9 Å². The van der Waals surface area contributed by atoms with Crippen molar-refractivity contribution in [1.82, 2.24) is 24.4 Å². The molecular weight excluding hydrogens is 402 g/mol. The summed E-state index contributed by atoms with van der Waals surface area (Å²) in [4.78, 5) is 16.6. The molecule has 0 bridgehead atoms. The second kappa shape index (κ2) is 8.85. The number of amides is 1. The zero-order valence-corrected chi connectivity index (χ0v) is 18.2. The lowest BCUT2D eigenvalue weighted by Crippen LogP contribution is -2.43. The summed E-state index contributed by atoms with van der Waals surface area (Å²) in [6.07, 6.45) is 10.4. The van der Waals surface area contributed by atoms with Crippen LogP contribution in [0.4, 0.5) is 0 Å². The quantitative estimate of drug-likeness (QED) is 0.750. The van der Waals surface area contributed by atoms with E-state index in [0.29, 0.717) is 39.0 Å². The first-order chi connectivity index (χ1) is 14.4. The van der Waals surface area contributed by atoms with Gasteiger partial charge in [-0.15, -0.1) is 0 Å². The van der Waals surface area contributed by atoms with E-state index in [0.717, 1.165) is 24.1 Å². The van der Waals surface area contributed by atoms with Gasteiger partial charge in [0.15, 0.2) is 0 Å². The van der Waals surface area contributed by atoms with E-state index >= 15 is 0 Å². The number of nitrogens with one attached hydrogen (secondary N) is 1. The Labute approximate surface area is 177 Å². The van der Waals surface area contributed by atoms with E-state index in [4.69, 9.17) is 5.10 Å². The first kappa shape index (κ1) is 21.0. The molecule has 30 heavy (non-hydrogen) atoms. The number of piperidine rings is 1. The van der Waals surface area contributed by atoms with Crippen molar-refractivity contribution in [1.29, 1.82) is 0 Å². The van der Waals surface area contributed by atoms with Crippen LogP contribution in [0.3, 0.4) is 0 Å². The maximum absolute atomic E-state index is 12.5. The number of sulfonamides is 1. The molecule has 0 spiro atoms. The molecule has 0 radical (unpaired) electrons. The Kier molecular flexibility index (Phi) is 6.19. The largest absolute Gasteiger partial charge is 0.354 e. The van der Waals surface area contributed by atoms with E-state index in [1.807, 2.05) is 12.1 Å². The Morgan fingerprint density at radius 2 is 1.87 bits per heavy atom. The standard InChI is InChI=1S/C21H29N5O3S/c1-30(28,29)25-13-8-17(9-14-25)21(27)23-12-15-26-19-5-3-2-4-18(19)20(24-26)16-6-10-22-11-7-16/h6-7,10-11,17H,2-5,8-9,12-15H2,1H3,(H,23,27). The molecule has 1 saturated heterocycles. The van der Waals surface area contributed by atoms with Crippen LogP contribution < -0.4 is 5.32 Å². The Morgan fingerprint density at radius 3 is 2.57 bits per heavy atom. The fourth-order valence-electron chi connectivity index (χ4n) is 4.48. The van der Waals surface area contributed by atoms with Gasteiger partial charge >= 0.3 is 0 Å². The fraction of sp³-hybridized carbons (Fsp3) is 0.571. The van der Waals surface area contributed by atoms with E-state index in [2.05, 4.69) is 15.0 Å². The smallest absolute Gasteiger partial charge is 0.223 e. The highest BCUT2D eigenvalue weighted by Gasteiger charge is 2.29. The van der Waals surface area contributed by atoms with Gasteiger partial charge in [0.25, 0.3) is 0 Å². The fourth-order valence-corrected chi connectivity index (χ4v) is 5.35. The Hall–Kier alpha value is -2.26. The van der Waals surface area contributed by atoms with Crippen LogP contribution >= 0.6 is 0 Å². The minimum Gasteiger partial charge on any atom is -0.354 e. The van der Waals surface area contributed by atoms with Gasteiger partial charge in [-0.2, -0.15) is 5.10 Å². The minimum atomic E-state index is -3.17. The summed E-state index contributed by atoms with van der Waals surface area (Å²) < 4.78 is 26.8.